The van der Waals surface area contributed by atoms with Crippen LogP contribution >= 0.6 is 0 Å². The molecule has 0 bridgehead atoms. The van der Waals surface area contributed by atoms with Crippen molar-refractivity contribution < 1.29 is 18.0 Å². The van der Waals surface area contributed by atoms with Crippen LogP contribution in [0, 0.1) is 22.7 Å². The van der Waals surface area contributed by atoms with E-state index >= 15 is 0 Å². The lowest BCUT2D eigenvalue weighted by molar-refractivity contribution is -0.137. The molecule has 0 N–H and O–H groups in total. The smallest absolute Gasteiger partial charge is 0.298 e. The number of hydrogen-bond donors (Lipinski definition) is 0. The van der Waals surface area contributed by atoms with Crippen LogP contribution in [0.15, 0.2) is 12.1 Å². The molecule has 0 aliphatic heterocycles. The summed E-state index contributed by atoms with van der Waals surface area (Å²) in [7, 11) is 0. The molecule has 6 heteroatoms. The van der Waals surface area contributed by atoms with Gasteiger partial charge in [-0.25, -0.2) is 0 Å². The van der Waals surface area contributed by atoms with Gasteiger partial charge >= 0.3 is 6.18 Å². The Kier molecular flexibility index (Phi) is 3.49. The third-order valence-corrected chi connectivity index (χ3v) is 2.09. The van der Waals surface area contributed by atoms with Crippen molar-refractivity contribution in [1.82, 2.24) is 0 Å². The number of carbonyl (C=O) groups is 1. The third-order valence-electron chi connectivity index (χ3n) is 2.09. The fourth-order valence-electron chi connectivity index (χ4n) is 1.34. The fraction of sp³-hybridized carbons (Fsp3) is 0.182. The molecule has 0 aliphatic carbocycles. The molecule has 0 heterocycles. The first-order valence-corrected chi connectivity index (χ1v) is 4.40. The van der Waals surface area contributed by atoms with E-state index in [1.54, 1.807) is 12.1 Å². The highest BCUT2D eigenvalue weighted by molar-refractivity contribution is 5.80. The van der Waals surface area contributed by atoms with E-state index in [1.807, 2.05) is 0 Å². The molecule has 17 heavy (non-hydrogen) atoms. The van der Waals surface area contributed by atoms with E-state index in [2.05, 4.69) is 0 Å². The van der Waals surface area contributed by atoms with Crippen LogP contribution in [0.5, 0.6) is 0 Å². The Morgan fingerprint density at radius 3 is 2.35 bits per heavy atom. The summed E-state index contributed by atoms with van der Waals surface area (Å²) in [6.45, 7) is 0. The molecule has 0 amide bonds. The van der Waals surface area contributed by atoms with Gasteiger partial charge in [-0.1, -0.05) is 0 Å². The Bertz CT molecular complexity index is 535. The van der Waals surface area contributed by atoms with Crippen LogP contribution in [0.25, 0.3) is 0 Å². The zero-order chi connectivity index (χ0) is 13.1. The molecule has 1 rings (SSSR count). The van der Waals surface area contributed by atoms with Gasteiger partial charge in [0.25, 0.3) is 0 Å². The lowest BCUT2D eigenvalue weighted by Gasteiger charge is -2.10. The summed E-state index contributed by atoms with van der Waals surface area (Å²) < 4.78 is 37.4. The van der Waals surface area contributed by atoms with Crippen LogP contribution in [0.1, 0.15) is 27.0 Å². The molecule has 0 aliphatic rings. The van der Waals surface area contributed by atoms with Gasteiger partial charge in [-0.15, -0.1) is 0 Å². The molecule has 3 nitrogen and oxygen atoms in total. The van der Waals surface area contributed by atoms with Crippen LogP contribution in [-0.2, 0) is 12.6 Å². The fourth-order valence-corrected chi connectivity index (χ4v) is 1.34. The van der Waals surface area contributed by atoms with Crippen molar-refractivity contribution in [3.05, 3.63) is 34.4 Å². The summed E-state index contributed by atoms with van der Waals surface area (Å²) in [4.78, 5) is 10.6. The largest absolute Gasteiger partial charge is 0.416 e. The highest BCUT2D eigenvalue weighted by Gasteiger charge is 2.32. The molecular weight excluding hydrogens is 233 g/mol. The first kappa shape index (κ1) is 12.7. The summed E-state index contributed by atoms with van der Waals surface area (Å²) in [5.74, 6) is 0. The quantitative estimate of drug-likeness (QED) is 0.743. The molecular formula is C11H5F3N2O. The van der Waals surface area contributed by atoms with Crippen LogP contribution in [0.2, 0.25) is 0 Å². The number of nitriles is 2. The number of alkyl halides is 3. The predicted octanol–water partition coefficient (Wildman–Crippen LogP) is 2.46. The number of rotatable bonds is 2. The highest BCUT2D eigenvalue weighted by Crippen LogP contribution is 2.31. The maximum Gasteiger partial charge on any atom is 0.416 e. The van der Waals surface area contributed by atoms with Crippen molar-refractivity contribution >= 4 is 6.29 Å². The molecule has 1 aromatic carbocycles. The van der Waals surface area contributed by atoms with Gasteiger partial charge in [0.05, 0.1) is 23.6 Å². The molecule has 0 saturated carbocycles. The van der Waals surface area contributed by atoms with Crippen molar-refractivity contribution in [2.45, 2.75) is 12.6 Å². The summed E-state index contributed by atoms with van der Waals surface area (Å²) in [5.41, 5.74) is -1.67. The lowest BCUT2D eigenvalue weighted by Crippen LogP contribution is -2.08. The minimum Gasteiger partial charge on any atom is -0.298 e. The molecule has 0 atom stereocenters. The van der Waals surface area contributed by atoms with E-state index < -0.39 is 11.7 Å². The molecule has 0 spiro atoms. The van der Waals surface area contributed by atoms with Gasteiger partial charge in [0.15, 0.2) is 6.29 Å². The topological polar surface area (TPSA) is 64.7 Å². The number of halogens is 3. The first-order valence-electron chi connectivity index (χ1n) is 4.40. The van der Waals surface area contributed by atoms with Crippen molar-refractivity contribution in [1.29, 1.82) is 10.5 Å². The molecule has 1 aromatic rings. The maximum atomic E-state index is 12.5. The van der Waals surface area contributed by atoms with Crippen LogP contribution in [-0.4, -0.2) is 6.29 Å². The van der Waals surface area contributed by atoms with Crippen LogP contribution in [0.3, 0.4) is 0 Å². The number of nitrogens with zero attached hydrogens (tertiary/aromatic N) is 2. The van der Waals surface area contributed by atoms with E-state index in [1.165, 1.54) is 0 Å². The van der Waals surface area contributed by atoms with Gasteiger partial charge in [-0.2, -0.15) is 23.7 Å². The van der Waals surface area contributed by atoms with Gasteiger partial charge in [-0.3, -0.25) is 4.79 Å². The van der Waals surface area contributed by atoms with E-state index in [0.29, 0.717) is 6.07 Å². The SMILES string of the molecule is N#CCc1cc(C(F)(F)F)cc(C=O)c1C#N. The molecule has 86 valence electrons. The standard InChI is InChI=1S/C11H5F3N2O/c12-11(13,14)9-3-7(1-2-15)10(5-16)8(4-9)6-17/h3-4,6H,1H2. The number of hydrogen-bond acceptors (Lipinski definition) is 3. The Hall–Kier alpha value is -2.34. The average molecular weight is 238 g/mol. The second-order valence-electron chi connectivity index (χ2n) is 3.16. The van der Waals surface area contributed by atoms with Crippen molar-refractivity contribution in [3.8, 4) is 12.1 Å². The summed E-state index contributed by atoms with van der Waals surface area (Å²) in [5, 5.41) is 17.2. The molecule has 0 radical (unpaired) electrons. The first-order chi connectivity index (χ1) is 7.93. The number of benzene rings is 1. The van der Waals surface area contributed by atoms with Crippen molar-refractivity contribution in [2.75, 3.05) is 0 Å². The highest BCUT2D eigenvalue weighted by atomic mass is 19.4. The minimum absolute atomic E-state index is 0.0908. The zero-order valence-corrected chi connectivity index (χ0v) is 8.38. The monoisotopic (exact) mass is 238 g/mol. The molecule has 0 fully saturated rings. The van der Waals surface area contributed by atoms with Crippen LogP contribution in [0.4, 0.5) is 13.2 Å². The Morgan fingerprint density at radius 2 is 1.94 bits per heavy atom. The number of aldehydes is 1. The second kappa shape index (κ2) is 4.67. The van der Waals surface area contributed by atoms with Crippen molar-refractivity contribution in [3.63, 3.8) is 0 Å². The Morgan fingerprint density at radius 1 is 1.29 bits per heavy atom. The van der Waals surface area contributed by atoms with E-state index in [0.717, 1.165) is 6.07 Å². The van der Waals surface area contributed by atoms with Crippen LogP contribution < -0.4 is 0 Å². The van der Waals surface area contributed by atoms with E-state index in [-0.39, 0.29) is 29.4 Å². The molecule has 0 aromatic heterocycles. The van der Waals surface area contributed by atoms with Gasteiger partial charge < -0.3 is 0 Å². The summed E-state index contributed by atoms with van der Waals surface area (Å²) in [6.07, 6.45) is -4.79. The average Bonchev–Trinajstić information content (AvgIpc) is 2.27. The molecule has 0 unspecified atom stereocenters. The molecule has 0 saturated heterocycles. The Labute approximate surface area is 94.7 Å². The van der Waals surface area contributed by atoms with Crippen molar-refractivity contribution in [2.24, 2.45) is 0 Å². The van der Waals surface area contributed by atoms with Gasteiger partial charge in [0, 0.05) is 5.56 Å². The summed E-state index contributed by atoms with van der Waals surface area (Å²) in [6, 6.07) is 4.60. The zero-order valence-electron chi connectivity index (χ0n) is 8.38. The third kappa shape index (κ3) is 2.61. The van der Waals surface area contributed by atoms with Gasteiger partial charge in [-0.05, 0) is 17.7 Å². The minimum atomic E-state index is -4.62. The summed E-state index contributed by atoms with van der Waals surface area (Å²) >= 11 is 0. The second-order valence-corrected chi connectivity index (χ2v) is 3.16. The van der Waals surface area contributed by atoms with E-state index in [4.69, 9.17) is 10.5 Å². The van der Waals surface area contributed by atoms with Gasteiger partial charge in [0.1, 0.15) is 6.07 Å². The predicted molar refractivity (Wildman–Crippen MR) is 50.9 cm³/mol. The maximum absolute atomic E-state index is 12.5. The van der Waals surface area contributed by atoms with E-state index in [9.17, 15) is 18.0 Å². The van der Waals surface area contributed by atoms with Gasteiger partial charge in [0.2, 0.25) is 0 Å². The normalized spacial score (nSPS) is 10.4. The lowest BCUT2D eigenvalue weighted by atomic mass is 9.97. The number of carbonyl (C=O) groups excluding carboxylic acids is 1. The Balaban J connectivity index is 3.53.